The van der Waals surface area contributed by atoms with E-state index in [0.29, 0.717) is 0 Å². The van der Waals surface area contributed by atoms with Crippen molar-refractivity contribution in [2.24, 2.45) is 0 Å². The van der Waals surface area contributed by atoms with Gasteiger partial charge in [-0.2, -0.15) is 0 Å². The summed E-state index contributed by atoms with van der Waals surface area (Å²) in [6, 6.07) is 8.97. The first-order chi connectivity index (χ1) is 9.32. The molecule has 0 N–H and O–H groups in total. The Bertz CT molecular complexity index is 385. The summed E-state index contributed by atoms with van der Waals surface area (Å²) in [5.74, 6) is 0.789. The van der Waals surface area contributed by atoms with E-state index in [4.69, 9.17) is 11.6 Å². The van der Waals surface area contributed by atoms with Gasteiger partial charge in [-0.05, 0) is 36.8 Å². The number of hydrogen-bond donors (Lipinski definition) is 0. The van der Waals surface area contributed by atoms with Crippen LogP contribution in [0, 0.1) is 0 Å². The molecule has 0 spiro atoms. The van der Waals surface area contributed by atoms with Gasteiger partial charge in [0, 0.05) is 11.3 Å². The number of alkyl halides is 1. The van der Waals surface area contributed by atoms with Gasteiger partial charge >= 0.3 is 0 Å². The molecule has 0 amide bonds. The van der Waals surface area contributed by atoms with Crippen LogP contribution in [0.1, 0.15) is 69.4 Å². The molecule has 0 fully saturated rings. The summed E-state index contributed by atoms with van der Waals surface area (Å²) in [5.41, 5.74) is 3.36. The van der Waals surface area contributed by atoms with E-state index in [2.05, 4.69) is 31.2 Å². The van der Waals surface area contributed by atoms with Crippen LogP contribution in [0.3, 0.4) is 0 Å². The molecule has 0 radical (unpaired) electrons. The van der Waals surface area contributed by atoms with E-state index in [0.717, 1.165) is 5.88 Å². The number of benzene rings is 1. The maximum Gasteiger partial charge on any atom is 0.0320 e. The fraction of sp³-hybridized carbons (Fsp3) is 0.667. The second-order valence-electron chi connectivity index (χ2n) is 6.09. The van der Waals surface area contributed by atoms with Gasteiger partial charge in [0.15, 0.2) is 0 Å². The molecule has 1 heteroatoms. The molecule has 1 aliphatic rings. The van der Waals surface area contributed by atoms with E-state index >= 15 is 0 Å². The molecule has 0 aliphatic heterocycles. The topological polar surface area (TPSA) is 0 Å². The minimum Gasteiger partial charge on any atom is -0.126 e. The molecule has 0 heterocycles. The normalized spacial score (nSPS) is 22.2. The molecule has 106 valence electrons. The number of halogens is 1. The molecule has 1 aliphatic carbocycles. The monoisotopic (exact) mass is 278 g/mol. The lowest BCUT2D eigenvalue weighted by Crippen LogP contribution is -2.32. The molecule has 1 unspecified atom stereocenters. The first kappa shape index (κ1) is 14.9. The smallest absolute Gasteiger partial charge is 0.0320 e. The average molecular weight is 279 g/mol. The van der Waals surface area contributed by atoms with Gasteiger partial charge in [0.2, 0.25) is 0 Å². The van der Waals surface area contributed by atoms with Crippen molar-refractivity contribution >= 4 is 11.6 Å². The Kier molecular flexibility index (Phi) is 5.76. The molecule has 19 heavy (non-hydrogen) atoms. The summed E-state index contributed by atoms with van der Waals surface area (Å²) in [6.45, 7) is 2.28. The second kappa shape index (κ2) is 7.33. The zero-order valence-electron chi connectivity index (χ0n) is 12.3. The van der Waals surface area contributed by atoms with Crippen LogP contribution in [-0.4, -0.2) is 5.88 Å². The van der Waals surface area contributed by atoms with Crippen molar-refractivity contribution in [3.63, 3.8) is 0 Å². The fourth-order valence-electron chi connectivity index (χ4n) is 3.54. The highest BCUT2D eigenvalue weighted by Crippen LogP contribution is 2.42. The molecule has 0 nitrogen and oxygen atoms in total. The Hall–Kier alpha value is -0.490. The molecular formula is C18H27Cl. The Morgan fingerprint density at radius 1 is 1.11 bits per heavy atom. The number of unbranched alkanes of at least 4 members (excludes halogenated alkanes) is 4. The van der Waals surface area contributed by atoms with Crippen molar-refractivity contribution in [1.29, 1.82) is 0 Å². The number of fused-ring (bicyclic) bond motifs is 1. The van der Waals surface area contributed by atoms with Gasteiger partial charge in [0.1, 0.15) is 0 Å². The lowest BCUT2D eigenvalue weighted by Gasteiger charge is -2.38. The molecule has 0 saturated carbocycles. The van der Waals surface area contributed by atoms with E-state index in [-0.39, 0.29) is 5.41 Å². The standard InChI is InChI=1S/C18H27Cl/c1-2-3-4-5-8-13-18(15-19)14-9-11-16-10-6-7-12-17(16)18/h6-7,10,12H,2-5,8-9,11,13-15H2,1H3. The highest BCUT2D eigenvalue weighted by Gasteiger charge is 2.34. The lowest BCUT2D eigenvalue weighted by molar-refractivity contribution is 0.355. The van der Waals surface area contributed by atoms with Crippen molar-refractivity contribution in [3.05, 3.63) is 35.4 Å². The highest BCUT2D eigenvalue weighted by atomic mass is 35.5. The predicted molar refractivity (Wildman–Crippen MR) is 85.2 cm³/mol. The Morgan fingerprint density at radius 3 is 2.68 bits per heavy atom. The number of hydrogen-bond acceptors (Lipinski definition) is 0. The molecule has 1 aromatic carbocycles. The first-order valence-electron chi connectivity index (χ1n) is 7.97. The molecule has 0 aromatic heterocycles. The van der Waals surface area contributed by atoms with Crippen LogP contribution in [-0.2, 0) is 11.8 Å². The predicted octanol–water partition coefficient (Wildman–Crippen LogP) is 5.86. The molecule has 1 atom stereocenters. The molecule has 2 rings (SSSR count). The van der Waals surface area contributed by atoms with Crippen molar-refractivity contribution in [2.75, 3.05) is 5.88 Å². The summed E-state index contributed by atoms with van der Waals surface area (Å²) in [5, 5.41) is 0. The van der Waals surface area contributed by atoms with E-state index in [9.17, 15) is 0 Å². The summed E-state index contributed by atoms with van der Waals surface area (Å²) in [7, 11) is 0. The molecule has 0 saturated heterocycles. The third kappa shape index (κ3) is 3.54. The second-order valence-corrected chi connectivity index (χ2v) is 6.36. The van der Waals surface area contributed by atoms with Gasteiger partial charge < -0.3 is 0 Å². The molecule has 0 bridgehead atoms. The third-order valence-electron chi connectivity index (χ3n) is 4.70. The van der Waals surface area contributed by atoms with Crippen LogP contribution in [0.4, 0.5) is 0 Å². The number of rotatable bonds is 7. The van der Waals surface area contributed by atoms with Crippen molar-refractivity contribution in [1.82, 2.24) is 0 Å². The van der Waals surface area contributed by atoms with Crippen LogP contribution in [0.5, 0.6) is 0 Å². The maximum atomic E-state index is 6.40. The number of aryl methyl sites for hydroxylation is 1. The van der Waals surface area contributed by atoms with Crippen molar-refractivity contribution in [2.45, 2.75) is 70.1 Å². The summed E-state index contributed by atoms with van der Waals surface area (Å²) in [6.07, 6.45) is 11.9. The Morgan fingerprint density at radius 2 is 1.89 bits per heavy atom. The summed E-state index contributed by atoms with van der Waals surface area (Å²) < 4.78 is 0. The van der Waals surface area contributed by atoms with Gasteiger partial charge in [-0.15, -0.1) is 11.6 Å². The van der Waals surface area contributed by atoms with E-state index in [1.54, 1.807) is 11.1 Å². The van der Waals surface area contributed by atoms with E-state index in [1.165, 1.54) is 57.8 Å². The van der Waals surface area contributed by atoms with Crippen LogP contribution >= 0.6 is 11.6 Å². The zero-order valence-corrected chi connectivity index (χ0v) is 13.0. The Balaban J connectivity index is 2.02. The minimum absolute atomic E-state index is 0.266. The van der Waals surface area contributed by atoms with Crippen LogP contribution in [0.15, 0.2) is 24.3 Å². The van der Waals surface area contributed by atoms with E-state index in [1.807, 2.05) is 0 Å². The van der Waals surface area contributed by atoms with Gasteiger partial charge in [0.25, 0.3) is 0 Å². The highest BCUT2D eigenvalue weighted by molar-refractivity contribution is 6.18. The average Bonchev–Trinajstić information content (AvgIpc) is 2.47. The fourth-order valence-corrected chi connectivity index (χ4v) is 3.95. The summed E-state index contributed by atoms with van der Waals surface area (Å²) >= 11 is 6.40. The minimum atomic E-state index is 0.266. The van der Waals surface area contributed by atoms with Gasteiger partial charge in [-0.25, -0.2) is 0 Å². The quantitative estimate of drug-likeness (QED) is 0.433. The van der Waals surface area contributed by atoms with Gasteiger partial charge in [-0.3, -0.25) is 0 Å². The Labute approximate surface area is 123 Å². The summed E-state index contributed by atoms with van der Waals surface area (Å²) in [4.78, 5) is 0. The van der Waals surface area contributed by atoms with Crippen LogP contribution < -0.4 is 0 Å². The van der Waals surface area contributed by atoms with Gasteiger partial charge in [0.05, 0.1) is 0 Å². The maximum absolute atomic E-state index is 6.40. The van der Waals surface area contributed by atoms with Crippen LogP contribution in [0.2, 0.25) is 0 Å². The van der Waals surface area contributed by atoms with Gasteiger partial charge in [-0.1, -0.05) is 63.3 Å². The molecular weight excluding hydrogens is 252 g/mol. The van der Waals surface area contributed by atoms with E-state index < -0.39 is 0 Å². The molecule has 1 aromatic rings. The third-order valence-corrected chi connectivity index (χ3v) is 5.22. The van der Waals surface area contributed by atoms with Crippen molar-refractivity contribution < 1.29 is 0 Å². The SMILES string of the molecule is CCCCCCCC1(CCl)CCCc2ccccc21. The van der Waals surface area contributed by atoms with Crippen molar-refractivity contribution in [3.8, 4) is 0 Å². The first-order valence-corrected chi connectivity index (χ1v) is 8.50. The zero-order chi connectivity index (χ0) is 13.6. The van der Waals surface area contributed by atoms with Crippen LogP contribution in [0.25, 0.3) is 0 Å². The largest absolute Gasteiger partial charge is 0.126 e. The lowest BCUT2D eigenvalue weighted by atomic mass is 9.68.